The zero-order valence-electron chi connectivity index (χ0n) is 12.7. The van der Waals surface area contributed by atoms with E-state index in [1.54, 1.807) is 0 Å². The molecule has 0 fully saturated rings. The second-order valence-corrected chi connectivity index (χ2v) is 6.61. The van der Waals surface area contributed by atoms with Gasteiger partial charge in [-0.2, -0.15) is 0 Å². The predicted octanol–water partition coefficient (Wildman–Crippen LogP) is 2.39. The van der Waals surface area contributed by atoms with Crippen molar-refractivity contribution in [1.29, 1.82) is 0 Å². The zero-order chi connectivity index (χ0) is 16.6. The van der Waals surface area contributed by atoms with Gasteiger partial charge in [-0.25, -0.2) is 0 Å². The maximum absolute atomic E-state index is 10.5. The molecule has 4 N–H and O–H groups in total. The van der Waals surface area contributed by atoms with Crippen molar-refractivity contribution in [2.75, 3.05) is 0 Å². The summed E-state index contributed by atoms with van der Waals surface area (Å²) in [6.45, 7) is 0. The highest BCUT2D eigenvalue weighted by atomic mass is 16.4. The van der Waals surface area contributed by atoms with Gasteiger partial charge in [-0.15, -0.1) is 0 Å². The summed E-state index contributed by atoms with van der Waals surface area (Å²) in [5, 5.41) is 47.1. The van der Waals surface area contributed by atoms with Crippen LogP contribution in [-0.2, 0) is 0 Å². The highest BCUT2D eigenvalue weighted by molar-refractivity contribution is 6.23. The summed E-state index contributed by atoms with van der Waals surface area (Å²) in [6.07, 6.45) is -5.27. The molecule has 120 valence electrons. The van der Waals surface area contributed by atoms with Crippen molar-refractivity contribution in [2.24, 2.45) is 0 Å². The molecule has 0 aliphatic heterocycles. The largest absolute Gasteiger partial charge is 0.387 e. The molecule has 24 heavy (non-hydrogen) atoms. The topological polar surface area (TPSA) is 80.9 Å². The Morgan fingerprint density at radius 2 is 1.25 bits per heavy atom. The highest BCUT2D eigenvalue weighted by Gasteiger charge is 2.41. The van der Waals surface area contributed by atoms with Crippen LogP contribution in [0, 0.1) is 0 Å². The van der Waals surface area contributed by atoms with E-state index >= 15 is 0 Å². The molecule has 4 aromatic carbocycles. The second kappa shape index (κ2) is 4.65. The maximum atomic E-state index is 10.5. The second-order valence-electron chi connectivity index (χ2n) is 6.61. The van der Waals surface area contributed by atoms with E-state index in [2.05, 4.69) is 0 Å². The van der Waals surface area contributed by atoms with E-state index in [9.17, 15) is 20.4 Å². The minimum absolute atomic E-state index is 0.478. The summed E-state index contributed by atoms with van der Waals surface area (Å²) >= 11 is 0. The Morgan fingerprint density at radius 1 is 0.625 bits per heavy atom. The highest BCUT2D eigenvalue weighted by Crippen LogP contribution is 2.45. The fourth-order valence-electron chi connectivity index (χ4n) is 4.16. The van der Waals surface area contributed by atoms with Gasteiger partial charge in [0.1, 0.15) is 24.4 Å². The average Bonchev–Trinajstić information content (AvgIpc) is 2.62. The van der Waals surface area contributed by atoms with Crippen LogP contribution in [0.3, 0.4) is 0 Å². The van der Waals surface area contributed by atoms with Crippen molar-refractivity contribution in [1.82, 2.24) is 0 Å². The first-order valence-electron chi connectivity index (χ1n) is 8.00. The predicted molar refractivity (Wildman–Crippen MR) is 92.1 cm³/mol. The van der Waals surface area contributed by atoms with Gasteiger partial charge in [0.05, 0.1) is 0 Å². The number of rotatable bonds is 0. The number of aliphatic hydroxyl groups excluding tert-OH is 4. The van der Waals surface area contributed by atoms with Crippen molar-refractivity contribution in [2.45, 2.75) is 24.4 Å². The van der Waals surface area contributed by atoms with Crippen LogP contribution in [-0.4, -0.2) is 32.6 Å². The molecule has 1 aliphatic rings. The Morgan fingerprint density at radius 3 is 2.00 bits per heavy atom. The molecule has 2 unspecified atom stereocenters. The van der Waals surface area contributed by atoms with E-state index in [0.717, 1.165) is 32.3 Å². The third-order valence-electron chi connectivity index (χ3n) is 5.33. The van der Waals surface area contributed by atoms with Crippen LogP contribution in [0.1, 0.15) is 23.3 Å². The summed E-state index contributed by atoms with van der Waals surface area (Å²) in [6, 6.07) is 15.8. The molecular formula is C20H16O4. The van der Waals surface area contributed by atoms with E-state index in [4.69, 9.17) is 0 Å². The fourth-order valence-corrected chi connectivity index (χ4v) is 4.16. The Kier molecular flexibility index (Phi) is 2.74. The van der Waals surface area contributed by atoms with Crippen LogP contribution < -0.4 is 0 Å². The standard InChI is InChI=1S/C20H16O4/c21-17-13-8-11-5-4-9-2-1-3-10-6-7-12(15(11)14(9)10)16(13)18(22)20(24)19(17)23/h1-8,17-24H/t17?,18?,19-,20+/m0/s1. The van der Waals surface area contributed by atoms with E-state index in [1.807, 2.05) is 48.5 Å². The van der Waals surface area contributed by atoms with Gasteiger partial charge in [0, 0.05) is 0 Å². The summed E-state index contributed by atoms with van der Waals surface area (Å²) in [5.74, 6) is 0. The lowest BCUT2D eigenvalue weighted by atomic mass is 9.78. The van der Waals surface area contributed by atoms with Crippen LogP contribution >= 0.6 is 0 Å². The molecule has 0 bridgehead atoms. The van der Waals surface area contributed by atoms with Gasteiger partial charge in [-0.05, 0) is 49.5 Å². The monoisotopic (exact) mass is 320 g/mol. The minimum Gasteiger partial charge on any atom is -0.387 e. The van der Waals surface area contributed by atoms with Gasteiger partial charge >= 0.3 is 0 Å². The van der Waals surface area contributed by atoms with Crippen molar-refractivity contribution in [3.05, 3.63) is 59.7 Å². The summed E-state index contributed by atoms with van der Waals surface area (Å²) in [4.78, 5) is 0. The van der Waals surface area contributed by atoms with Crippen LogP contribution in [0.2, 0.25) is 0 Å². The van der Waals surface area contributed by atoms with Crippen LogP contribution in [0.25, 0.3) is 32.3 Å². The Bertz CT molecular complexity index is 1070. The molecule has 0 saturated carbocycles. The summed E-state index contributed by atoms with van der Waals surface area (Å²) in [7, 11) is 0. The first kappa shape index (κ1) is 14.1. The van der Waals surface area contributed by atoms with Crippen molar-refractivity contribution >= 4 is 32.3 Å². The van der Waals surface area contributed by atoms with Gasteiger partial charge in [0.15, 0.2) is 0 Å². The third-order valence-corrected chi connectivity index (χ3v) is 5.33. The molecule has 0 amide bonds. The van der Waals surface area contributed by atoms with Crippen LogP contribution in [0.5, 0.6) is 0 Å². The smallest absolute Gasteiger partial charge is 0.113 e. The van der Waals surface area contributed by atoms with E-state index in [-0.39, 0.29) is 0 Å². The fraction of sp³-hybridized carbons (Fsp3) is 0.200. The van der Waals surface area contributed by atoms with Crippen molar-refractivity contribution < 1.29 is 20.4 Å². The van der Waals surface area contributed by atoms with Gasteiger partial charge in [0.25, 0.3) is 0 Å². The molecule has 0 radical (unpaired) electrons. The number of hydrogen-bond donors (Lipinski definition) is 4. The first-order valence-corrected chi connectivity index (χ1v) is 8.00. The zero-order valence-corrected chi connectivity index (χ0v) is 12.7. The van der Waals surface area contributed by atoms with E-state index < -0.39 is 24.4 Å². The molecule has 0 aromatic heterocycles. The van der Waals surface area contributed by atoms with Crippen molar-refractivity contribution in [3.8, 4) is 0 Å². The molecule has 4 atom stereocenters. The van der Waals surface area contributed by atoms with Crippen LogP contribution in [0.15, 0.2) is 48.5 Å². The quantitative estimate of drug-likeness (QED) is 0.375. The maximum Gasteiger partial charge on any atom is 0.113 e. The van der Waals surface area contributed by atoms with Gasteiger partial charge in [-0.3, -0.25) is 0 Å². The molecule has 0 spiro atoms. The first-order chi connectivity index (χ1) is 11.6. The lowest BCUT2D eigenvalue weighted by Gasteiger charge is -2.35. The Balaban J connectivity index is 2.01. The molecule has 5 rings (SSSR count). The van der Waals surface area contributed by atoms with Crippen molar-refractivity contribution in [3.63, 3.8) is 0 Å². The Labute approximate surface area is 137 Å². The van der Waals surface area contributed by atoms with Gasteiger partial charge in [0.2, 0.25) is 0 Å². The molecule has 1 aliphatic carbocycles. The van der Waals surface area contributed by atoms with E-state index in [1.165, 1.54) is 0 Å². The normalized spacial score (nSPS) is 27.2. The SMILES string of the molecule is OC1c2c(cc3ccc4cccc5ccc2c3c45)C(O)[C@H](O)[C@@H]1O. The minimum atomic E-state index is -1.41. The number of aliphatic hydroxyl groups is 4. The molecular weight excluding hydrogens is 304 g/mol. The lowest BCUT2D eigenvalue weighted by Crippen LogP contribution is -2.41. The molecule has 4 aromatic rings. The summed E-state index contributed by atoms with van der Waals surface area (Å²) < 4.78 is 0. The lowest BCUT2D eigenvalue weighted by molar-refractivity contribution is -0.119. The summed E-state index contributed by atoms with van der Waals surface area (Å²) in [5.41, 5.74) is 0.984. The number of hydrogen-bond acceptors (Lipinski definition) is 4. The van der Waals surface area contributed by atoms with Gasteiger partial charge < -0.3 is 20.4 Å². The van der Waals surface area contributed by atoms with Crippen LogP contribution in [0.4, 0.5) is 0 Å². The number of benzene rings is 4. The average molecular weight is 320 g/mol. The molecule has 4 heteroatoms. The van der Waals surface area contributed by atoms with Gasteiger partial charge in [-0.1, -0.05) is 42.5 Å². The Hall–Kier alpha value is -2.24. The third kappa shape index (κ3) is 1.61. The molecule has 0 saturated heterocycles. The molecule has 4 nitrogen and oxygen atoms in total. The number of fused-ring (bicyclic) bond motifs is 2. The van der Waals surface area contributed by atoms with E-state index in [0.29, 0.717) is 11.1 Å². The molecule has 0 heterocycles.